The molecular weight excluding hydrogens is 1080 g/mol. The fourth-order valence-corrected chi connectivity index (χ4v) is 10.6. The van der Waals surface area contributed by atoms with Crippen LogP contribution >= 0.6 is 15.6 Å². The predicted molar refractivity (Wildman–Crippen MR) is 321 cm³/mol. The van der Waals surface area contributed by atoms with Gasteiger partial charge < -0.3 is 33.8 Å². The molecule has 480 valence electrons. The number of phosphoric acid groups is 2. The van der Waals surface area contributed by atoms with Crippen molar-refractivity contribution in [3.05, 3.63) is 0 Å². The van der Waals surface area contributed by atoms with E-state index in [0.29, 0.717) is 31.6 Å². The minimum absolute atomic E-state index is 0.100. The molecule has 0 aliphatic heterocycles. The SMILES string of the molecule is CCC(C)CCCCCCCCC(=O)OC[C@H](COP(=O)(O)OC[C@@H](O)COP(=O)(O)OC[C@@H](COC(=O)CCCCCCCCC(C)CC)OC(=O)CCCCCCCCC(C)C)OC(=O)CCCCCCCCCCCC(C)C. The summed E-state index contributed by atoms with van der Waals surface area (Å²) in [6, 6.07) is 0. The van der Waals surface area contributed by atoms with Crippen LogP contribution in [-0.4, -0.2) is 96.7 Å². The predicted octanol–water partition coefficient (Wildman–Crippen LogP) is 16.6. The Labute approximate surface area is 492 Å². The maximum absolute atomic E-state index is 12.9. The summed E-state index contributed by atoms with van der Waals surface area (Å²) < 4.78 is 67.9. The largest absolute Gasteiger partial charge is 0.472 e. The third kappa shape index (κ3) is 54.5. The van der Waals surface area contributed by atoms with Gasteiger partial charge >= 0.3 is 39.5 Å². The highest BCUT2D eigenvalue weighted by molar-refractivity contribution is 7.47. The quantitative estimate of drug-likeness (QED) is 0.0222. The summed E-state index contributed by atoms with van der Waals surface area (Å²) in [5.41, 5.74) is 0. The Balaban J connectivity index is 5.26. The van der Waals surface area contributed by atoms with Gasteiger partial charge in [0.25, 0.3) is 0 Å². The molecule has 0 amide bonds. The molecule has 19 heteroatoms. The number of ether oxygens (including phenoxy) is 4. The van der Waals surface area contributed by atoms with E-state index in [9.17, 15) is 43.2 Å². The van der Waals surface area contributed by atoms with Crippen molar-refractivity contribution in [3.8, 4) is 0 Å². The number of carbonyl (C=O) groups is 4. The Morgan fingerprint density at radius 3 is 0.877 bits per heavy atom. The zero-order chi connectivity index (χ0) is 60.4. The van der Waals surface area contributed by atoms with Crippen molar-refractivity contribution in [1.29, 1.82) is 0 Å². The molecule has 0 aliphatic carbocycles. The summed E-state index contributed by atoms with van der Waals surface area (Å²) >= 11 is 0. The second-order valence-corrected chi connectivity index (χ2v) is 26.8. The van der Waals surface area contributed by atoms with E-state index < -0.39 is 97.5 Å². The molecule has 0 heterocycles. The maximum Gasteiger partial charge on any atom is 0.472 e. The summed E-state index contributed by atoms with van der Waals surface area (Å²) in [7, 11) is -9.89. The molecule has 0 aromatic heterocycles. The van der Waals surface area contributed by atoms with E-state index in [4.69, 9.17) is 37.0 Å². The zero-order valence-corrected chi connectivity index (χ0v) is 54.2. The van der Waals surface area contributed by atoms with Crippen LogP contribution in [0.4, 0.5) is 0 Å². The van der Waals surface area contributed by atoms with Crippen LogP contribution < -0.4 is 0 Å². The molecule has 0 bridgehead atoms. The number of rotatable bonds is 59. The van der Waals surface area contributed by atoms with Gasteiger partial charge in [0.1, 0.15) is 19.3 Å². The highest BCUT2D eigenvalue weighted by Gasteiger charge is 2.30. The summed E-state index contributed by atoms with van der Waals surface area (Å²) in [6.07, 6.45) is 31.0. The van der Waals surface area contributed by atoms with Crippen molar-refractivity contribution in [3.63, 3.8) is 0 Å². The van der Waals surface area contributed by atoms with Crippen molar-refractivity contribution in [2.45, 2.75) is 311 Å². The van der Waals surface area contributed by atoms with Crippen molar-refractivity contribution in [2.24, 2.45) is 23.7 Å². The van der Waals surface area contributed by atoms with Crippen molar-refractivity contribution in [1.82, 2.24) is 0 Å². The number of aliphatic hydroxyl groups is 1. The first-order valence-corrected chi connectivity index (χ1v) is 35.3. The van der Waals surface area contributed by atoms with E-state index in [-0.39, 0.29) is 25.7 Å². The van der Waals surface area contributed by atoms with Gasteiger partial charge in [0, 0.05) is 25.7 Å². The normalized spacial score (nSPS) is 15.2. The van der Waals surface area contributed by atoms with Gasteiger partial charge in [-0.05, 0) is 49.4 Å². The smallest absolute Gasteiger partial charge is 0.462 e. The molecule has 0 fully saturated rings. The van der Waals surface area contributed by atoms with Crippen LogP contribution in [0, 0.1) is 23.7 Å². The Hall–Kier alpha value is -1.94. The van der Waals surface area contributed by atoms with E-state index >= 15 is 0 Å². The van der Waals surface area contributed by atoms with Crippen LogP contribution in [-0.2, 0) is 65.4 Å². The zero-order valence-electron chi connectivity index (χ0n) is 52.4. The van der Waals surface area contributed by atoms with Gasteiger partial charge in [-0.1, -0.05) is 242 Å². The van der Waals surface area contributed by atoms with E-state index in [1.165, 1.54) is 83.5 Å². The Kier molecular flexibility index (Phi) is 51.1. The molecule has 4 unspecified atom stereocenters. The van der Waals surface area contributed by atoms with Crippen LogP contribution in [0.2, 0.25) is 0 Å². The van der Waals surface area contributed by atoms with Crippen molar-refractivity contribution >= 4 is 39.5 Å². The van der Waals surface area contributed by atoms with Gasteiger partial charge in [-0.15, -0.1) is 0 Å². The first kappa shape index (κ1) is 79.1. The van der Waals surface area contributed by atoms with Gasteiger partial charge in [-0.2, -0.15) is 0 Å². The molecule has 0 radical (unpaired) electrons. The molecular formula is C62H120O17P2. The number of aliphatic hydroxyl groups excluding tert-OH is 1. The fraction of sp³-hybridized carbons (Fsp3) is 0.935. The second kappa shape index (κ2) is 52.4. The van der Waals surface area contributed by atoms with Gasteiger partial charge in [0.15, 0.2) is 12.2 Å². The van der Waals surface area contributed by atoms with Gasteiger partial charge in [0.2, 0.25) is 0 Å². The highest BCUT2D eigenvalue weighted by Crippen LogP contribution is 2.45. The molecule has 7 atom stereocenters. The lowest BCUT2D eigenvalue weighted by Gasteiger charge is -2.21. The van der Waals surface area contributed by atoms with Crippen LogP contribution in [0.1, 0.15) is 293 Å². The number of esters is 4. The molecule has 17 nitrogen and oxygen atoms in total. The maximum atomic E-state index is 12.9. The van der Waals surface area contributed by atoms with Crippen molar-refractivity contribution < 1.29 is 80.2 Å². The third-order valence-corrected chi connectivity index (χ3v) is 16.7. The summed E-state index contributed by atoms with van der Waals surface area (Å²) in [6.45, 7) is 13.9. The summed E-state index contributed by atoms with van der Waals surface area (Å²) in [5, 5.41) is 10.5. The van der Waals surface area contributed by atoms with E-state index in [1.807, 2.05) is 0 Å². The highest BCUT2D eigenvalue weighted by atomic mass is 31.2. The topological polar surface area (TPSA) is 237 Å². The first-order valence-electron chi connectivity index (χ1n) is 32.3. The van der Waals surface area contributed by atoms with E-state index in [1.54, 1.807) is 0 Å². The molecule has 3 N–H and O–H groups in total. The lowest BCUT2D eigenvalue weighted by molar-refractivity contribution is -0.161. The summed E-state index contributed by atoms with van der Waals surface area (Å²) in [4.78, 5) is 72.1. The van der Waals surface area contributed by atoms with Gasteiger partial charge in [-0.3, -0.25) is 37.3 Å². The number of hydrogen-bond acceptors (Lipinski definition) is 15. The standard InChI is InChI=1S/C62H120O17P2/c1-9-54(7)40-32-24-17-20-26-34-42-59(64)72-48-57(78-61(66)44-36-28-15-13-11-12-14-22-30-38-52(3)4)50-76-80(68,69)74-46-56(63)47-75-81(70,71)77-51-58(79-62(67)45-37-29-19-16-23-31-39-53(5)6)49-73-60(65)43-35-27-21-18-25-33-41-55(8)10-2/h52-58,63H,9-51H2,1-8H3,(H,68,69)(H,70,71)/t54?,55?,56-,57-,58-/m1/s1. The Morgan fingerprint density at radius 1 is 0.346 bits per heavy atom. The Morgan fingerprint density at radius 2 is 0.593 bits per heavy atom. The van der Waals surface area contributed by atoms with Crippen LogP contribution in [0.5, 0.6) is 0 Å². The fourth-order valence-electron chi connectivity index (χ4n) is 9.01. The van der Waals surface area contributed by atoms with E-state index in [0.717, 1.165) is 120 Å². The number of hydrogen-bond donors (Lipinski definition) is 3. The molecule has 0 saturated carbocycles. The molecule has 0 aromatic carbocycles. The molecule has 0 saturated heterocycles. The molecule has 0 aromatic rings. The second-order valence-electron chi connectivity index (χ2n) is 23.9. The molecule has 0 rings (SSSR count). The average Bonchev–Trinajstić information content (AvgIpc) is 3.42. The average molecular weight is 1200 g/mol. The number of carbonyl (C=O) groups excluding carboxylic acids is 4. The molecule has 0 aliphatic rings. The lowest BCUT2D eigenvalue weighted by atomic mass is 10.00. The summed E-state index contributed by atoms with van der Waals surface area (Å²) in [5.74, 6) is 0.720. The van der Waals surface area contributed by atoms with Gasteiger partial charge in [-0.25, -0.2) is 9.13 Å². The van der Waals surface area contributed by atoms with Crippen LogP contribution in [0.15, 0.2) is 0 Å². The lowest BCUT2D eigenvalue weighted by Crippen LogP contribution is -2.30. The van der Waals surface area contributed by atoms with Gasteiger partial charge in [0.05, 0.1) is 26.4 Å². The monoisotopic (exact) mass is 1200 g/mol. The minimum Gasteiger partial charge on any atom is -0.462 e. The van der Waals surface area contributed by atoms with E-state index in [2.05, 4.69) is 55.4 Å². The minimum atomic E-state index is -4.94. The Bertz CT molecular complexity index is 1630. The first-order chi connectivity index (χ1) is 38.7. The number of phosphoric ester groups is 2. The molecule has 0 spiro atoms. The third-order valence-electron chi connectivity index (χ3n) is 14.8. The van der Waals surface area contributed by atoms with Crippen molar-refractivity contribution in [2.75, 3.05) is 39.6 Å². The number of unbranched alkanes of at least 4 members (excludes halogenated alkanes) is 23. The van der Waals surface area contributed by atoms with Crippen LogP contribution in [0.3, 0.4) is 0 Å². The van der Waals surface area contributed by atoms with Crippen LogP contribution in [0.25, 0.3) is 0 Å². The molecule has 81 heavy (non-hydrogen) atoms.